The Kier molecular flexibility index (Phi) is 6.13. The summed E-state index contributed by atoms with van der Waals surface area (Å²) in [5.74, 6) is -0.0191. The molecule has 124 valence electrons. The number of benzene rings is 1. The summed E-state index contributed by atoms with van der Waals surface area (Å²) in [6.45, 7) is 0. The number of hydrogen-bond acceptors (Lipinski definition) is 7. The van der Waals surface area contributed by atoms with Crippen LogP contribution < -0.4 is 10.5 Å². The zero-order valence-corrected chi connectivity index (χ0v) is 13.8. The van der Waals surface area contributed by atoms with Crippen molar-refractivity contribution in [2.24, 2.45) is 5.73 Å². The minimum atomic E-state index is -4.69. The SMILES string of the molecule is NC(=O)CSc1nnc(SCc2ccc(OC(F)(F)F)cc2)s1. The van der Waals surface area contributed by atoms with Crippen LogP contribution in [0, 0.1) is 0 Å². The smallest absolute Gasteiger partial charge is 0.406 e. The zero-order valence-electron chi connectivity index (χ0n) is 11.4. The van der Waals surface area contributed by atoms with E-state index in [9.17, 15) is 18.0 Å². The molecule has 0 aliphatic heterocycles. The lowest BCUT2D eigenvalue weighted by Crippen LogP contribution is -2.16. The van der Waals surface area contributed by atoms with E-state index in [-0.39, 0.29) is 11.5 Å². The lowest BCUT2D eigenvalue weighted by atomic mass is 10.2. The monoisotopic (exact) mass is 381 g/mol. The molecule has 0 radical (unpaired) electrons. The van der Waals surface area contributed by atoms with Gasteiger partial charge in [-0.25, -0.2) is 0 Å². The van der Waals surface area contributed by atoms with Crippen LogP contribution in [0.2, 0.25) is 0 Å². The average molecular weight is 381 g/mol. The summed E-state index contributed by atoms with van der Waals surface area (Å²) in [6.07, 6.45) is -4.69. The second-order valence-corrected chi connectivity index (χ2v) is 7.49. The van der Waals surface area contributed by atoms with E-state index in [0.29, 0.717) is 14.4 Å². The van der Waals surface area contributed by atoms with Gasteiger partial charge in [-0.2, -0.15) is 0 Å². The van der Waals surface area contributed by atoms with Gasteiger partial charge in [0.05, 0.1) is 5.75 Å². The Bertz CT molecular complexity index is 662. The van der Waals surface area contributed by atoms with E-state index in [0.717, 1.165) is 5.56 Å². The lowest BCUT2D eigenvalue weighted by Gasteiger charge is -2.08. The zero-order chi connectivity index (χ0) is 16.9. The normalized spacial score (nSPS) is 11.4. The fourth-order valence-corrected chi connectivity index (χ4v) is 4.09. The standard InChI is InChI=1S/C12H10F3N3O2S3/c13-12(14,15)20-8-3-1-7(2-4-8)5-21-10-17-18-11(23-10)22-6-9(16)19/h1-4H,5-6H2,(H2,16,19). The molecule has 1 amide bonds. The third-order valence-corrected chi connectivity index (χ3v) is 5.53. The van der Waals surface area contributed by atoms with Crippen molar-refractivity contribution in [2.75, 3.05) is 5.75 Å². The van der Waals surface area contributed by atoms with E-state index in [1.54, 1.807) is 12.1 Å². The number of hydrogen-bond donors (Lipinski definition) is 1. The van der Waals surface area contributed by atoms with Crippen molar-refractivity contribution in [1.29, 1.82) is 0 Å². The number of nitrogens with two attached hydrogens (primary N) is 1. The van der Waals surface area contributed by atoms with Gasteiger partial charge in [0.15, 0.2) is 8.68 Å². The summed E-state index contributed by atoms with van der Waals surface area (Å²) in [5, 5.41) is 7.87. The van der Waals surface area contributed by atoms with Crippen molar-refractivity contribution >= 4 is 40.8 Å². The molecule has 0 aliphatic rings. The number of amides is 1. The fraction of sp³-hybridized carbons (Fsp3) is 0.250. The van der Waals surface area contributed by atoms with Gasteiger partial charge >= 0.3 is 6.36 Å². The first kappa shape index (κ1) is 17.9. The number of nitrogens with zero attached hydrogens (tertiary/aromatic N) is 2. The number of rotatable bonds is 7. The van der Waals surface area contributed by atoms with Gasteiger partial charge in [-0.3, -0.25) is 4.79 Å². The van der Waals surface area contributed by atoms with E-state index >= 15 is 0 Å². The lowest BCUT2D eigenvalue weighted by molar-refractivity contribution is -0.274. The van der Waals surface area contributed by atoms with Gasteiger partial charge in [-0.1, -0.05) is 47.0 Å². The Morgan fingerprint density at radius 2 is 1.78 bits per heavy atom. The molecule has 1 heterocycles. The Balaban J connectivity index is 1.85. The average Bonchev–Trinajstić information content (AvgIpc) is 2.91. The number of aromatic nitrogens is 2. The highest BCUT2D eigenvalue weighted by atomic mass is 32.2. The number of thioether (sulfide) groups is 2. The van der Waals surface area contributed by atoms with Crippen molar-refractivity contribution < 1.29 is 22.7 Å². The second-order valence-electron chi connectivity index (χ2n) is 4.07. The fourth-order valence-electron chi connectivity index (χ4n) is 1.38. The van der Waals surface area contributed by atoms with Gasteiger partial charge < -0.3 is 10.5 Å². The number of halogens is 3. The van der Waals surface area contributed by atoms with Crippen LogP contribution in [0.25, 0.3) is 0 Å². The molecule has 23 heavy (non-hydrogen) atoms. The maximum atomic E-state index is 12.1. The van der Waals surface area contributed by atoms with Crippen molar-refractivity contribution in [1.82, 2.24) is 10.2 Å². The highest BCUT2D eigenvalue weighted by Gasteiger charge is 2.30. The van der Waals surface area contributed by atoms with Crippen LogP contribution in [-0.4, -0.2) is 28.2 Å². The highest BCUT2D eigenvalue weighted by Crippen LogP contribution is 2.31. The van der Waals surface area contributed by atoms with E-state index in [4.69, 9.17) is 5.73 Å². The van der Waals surface area contributed by atoms with Crippen LogP contribution in [0.1, 0.15) is 5.56 Å². The Morgan fingerprint density at radius 1 is 1.17 bits per heavy atom. The van der Waals surface area contributed by atoms with E-state index < -0.39 is 12.3 Å². The molecular weight excluding hydrogens is 371 g/mol. The summed E-state index contributed by atoms with van der Waals surface area (Å²) in [4.78, 5) is 10.7. The van der Waals surface area contributed by atoms with Crippen LogP contribution in [-0.2, 0) is 10.5 Å². The van der Waals surface area contributed by atoms with E-state index in [1.165, 1.54) is 47.0 Å². The summed E-state index contributed by atoms with van der Waals surface area (Å²) in [6, 6.07) is 5.63. The molecule has 11 heteroatoms. The van der Waals surface area contributed by atoms with Gasteiger partial charge in [0.2, 0.25) is 5.91 Å². The first-order valence-electron chi connectivity index (χ1n) is 6.04. The van der Waals surface area contributed by atoms with E-state index in [2.05, 4.69) is 14.9 Å². The molecule has 0 fully saturated rings. The van der Waals surface area contributed by atoms with Gasteiger partial charge in [0.1, 0.15) is 5.75 Å². The first-order valence-corrected chi connectivity index (χ1v) is 8.83. The van der Waals surface area contributed by atoms with Crippen molar-refractivity contribution in [3.63, 3.8) is 0 Å². The largest absolute Gasteiger partial charge is 0.573 e. The van der Waals surface area contributed by atoms with Gasteiger partial charge in [-0.05, 0) is 17.7 Å². The Hall–Kier alpha value is -1.46. The first-order chi connectivity index (χ1) is 10.8. The molecule has 0 saturated carbocycles. The molecule has 2 aromatic rings. The molecule has 0 unspecified atom stereocenters. The molecule has 1 aromatic carbocycles. The quantitative estimate of drug-likeness (QED) is 0.742. The second kappa shape index (κ2) is 7.88. The molecule has 0 aliphatic carbocycles. The van der Waals surface area contributed by atoms with Crippen LogP contribution in [0.5, 0.6) is 5.75 Å². The van der Waals surface area contributed by atoms with Gasteiger partial charge in [0, 0.05) is 5.75 Å². The molecule has 0 bridgehead atoms. The van der Waals surface area contributed by atoms with Crippen LogP contribution in [0.4, 0.5) is 13.2 Å². The van der Waals surface area contributed by atoms with Crippen molar-refractivity contribution in [3.05, 3.63) is 29.8 Å². The highest BCUT2D eigenvalue weighted by molar-refractivity contribution is 8.03. The topological polar surface area (TPSA) is 78.1 Å². The van der Waals surface area contributed by atoms with Crippen LogP contribution in [0.15, 0.2) is 32.9 Å². The van der Waals surface area contributed by atoms with Gasteiger partial charge in [-0.15, -0.1) is 23.4 Å². The number of carbonyl (C=O) groups excluding carboxylic acids is 1. The summed E-state index contributed by atoms with van der Waals surface area (Å²) >= 11 is 3.94. The maximum absolute atomic E-state index is 12.1. The molecule has 5 nitrogen and oxygen atoms in total. The third-order valence-electron chi connectivity index (χ3n) is 2.25. The van der Waals surface area contributed by atoms with Crippen molar-refractivity contribution in [2.45, 2.75) is 20.8 Å². The third kappa shape index (κ3) is 6.67. The minimum absolute atomic E-state index is 0.139. The molecule has 0 saturated heterocycles. The number of carbonyl (C=O) groups is 1. The molecule has 1 aromatic heterocycles. The number of primary amides is 1. The summed E-state index contributed by atoms with van der Waals surface area (Å²) in [5.41, 5.74) is 5.87. The summed E-state index contributed by atoms with van der Waals surface area (Å²) < 4.78 is 41.3. The summed E-state index contributed by atoms with van der Waals surface area (Å²) in [7, 11) is 0. The van der Waals surface area contributed by atoms with Crippen LogP contribution >= 0.6 is 34.9 Å². The Labute approximate surface area is 141 Å². The molecule has 2 rings (SSSR count). The predicted octanol–water partition coefficient (Wildman–Crippen LogP) is 3.31. The molecule has 0 atom stereocenters. The molecule has 0 spiro atoms. The van der Waals surface area contributed by atoms with Gasteiger partial charge in [0.25, 0.3) is 0 Å². The van der Waals surface area contributed by atoms with Crippen LogP contribution in [0.3, 0.4) is 0 Å². The molecular formula is C12H10F3N3O2S3. The van der Waals surface area contributed by atoms with Crippen molar-refractivity contribution in [3.8, 4) is 5.75 Å². The molecule has 2 N–H and O–H groups in total. The number of ether oxygens (including phenoxy) is 1. The maximum Gasteiger partial charge on any atom is 0.573 e. The minimum Gasteiger partial charge on any atom is -0.406 e. The predicted molar refractivity (Wildman–Crippen MR) is 82.5 cm³/mol. The number of alkyl halides is 3. The Morgan fingerprint density at radius 3 is 2.35 bits per heavy atom. The van der Waals surface area contributed by atoms with E-state index in [1.807, 2.05) is 0 Å².